The maximum absolute atomic E-state index is 14.4. The van der Waals surface area contributed by atoms with Crippen LogP contribution in [0.25, 0.3) is 0 Å². The van der Waals surface area contributed by atoms with Crippen LogP contribution in [0.4, 0.5) is 10.1 Å². The number of carbonyl (C=O) groups is 1. The van der Waals surface area contributed by atoms with Crippen LogP contribution in [-0.4, -0.2) is 43.1 Å². The van der Waals surface area contributed by atoms with E-state index in [-0.39, 0.29) is 5.82 Å². The Hall–Kier alpha value is -2.11. The van der Waals surface area contributed by atoms with Gasteiger partial charge < -0.3 is 15.3 Å². The van der Waals surface area contributed by atoms with Crippen molar-refractivity contribution >= 4 is 17.5 Å². The van der Waals surface area contributed by atoms with Gasteiger partial charge in [0, 0.05) is 31.7 Å². The number of nitrogens with one attached hydrogen (secondary N) is 1. The van der Waals surface area contributed by atoms with Crippen molar-refractivity contribution < 1.29 is 14.3 Å². The highest BCUT2D eigenvalue weighted by atomic mass is 19.1. The molecule has 0 aliphatic carbocycles. The molecule has 1 aromatic rings. The monoisotopic (exact) mass is 305 g/mol. The summed E-state index contributed by atoms with van der Waals surface area (Å²) in [5, 5.41) is 12.3. The van der Waals surface area contributed by atoms with Gasteiger partial charge in [-0.05, 0) is 37.5 Å². The van der Waals surface area contributed by atoms with Gasteiger partial charge in [0.1, 0.15) is 11.7 Å². The molecule has 1 fully saturated rings. The van der Waals surface area contributed by atoms with Gasteiger partial charge in [-0.15, -0.1) is 0 Å². The number of benzene rings is 1. The molecule has 0 spiro atoms. The van der Waals surface area contributed by atoms with Gasteiger partial charge in [-0.2, -0.15) is 0 Å². The highest BCUT2D eigenvalue weighted by molar-refractivity contribution is 5.99. The number of aliphatic carboxylic acids is 1. The van der Waals surface area contributed by atoms with Gasteiger partial charge in [0.25, 0.3) is 0 Å². The molecule has 1 saturated heterocycles. The summed E-state index contributed by atoms with van der Waals surface area (Å²) in [6.45, 7) is 2.68. The van der Waals surface area contributed by atoms with Crippen molar-refractivity contribution in [2.75, 3.05) is 31.1 Å². The molecule has 2 aliphatic heterocycles. The van der Waals surface area contributed by atoms with Crippen LogP contribution in [0.5, 0.6) is 0 Å². The van der Waals surface area contributed by atoms with E-state index in [0.29, 0.717) is 25.2 Å². The molecule has 1 unspecified atom stereocenters. The minimum atomic E-state index is -0.803. The molecule has 2 heterocycles. The number of amidine groups is 1. The Balaban J connectivity index is 1.80. The summed E-state index contributed by atoms with van der Waals surface area (Å²) in [6.07, 6.45) is 2.42. The van der Waals surface area contributed by atoms with Crippen molar-refractivity contribution in [3.05, 3.63) is 29.6 Å². The Bertz CT molecular complexity index is 603. The molecular weight excluding hydrogens is 285 g/mol. The molecule has 2 N–H and O–H groups in total. The van der Waals surface area contributed by atoms with Gasteiger partial charge in [-0.3, -0.25) is 9.79 Å². The zero-order valence-electron chi connectivity index (χ0n) is 12.4. The summed E-state index contributed by atoms with van der Waals surface area (Å²) < 4.78 is 14.4. The Kier molecular flexibility index (Phi) is 4.27. The van der Waals surface area contributed by atoms with Crippen molar-refractivity contribution in [3.63, 3.8) is 0 Å². The summed E-state index contributed by atoms with van der Waals surface area (Å²) in [5.74, 6) is -0.808. The normalized spacial score (nSPS) is 22.0. The van der Waals surface area contributed by atoms with Crippen molar-refractivity contribution in [2.24, 2.45) is 10.9 Å². The summed E-state index contributed by atoms with van der Waals surface area (Å²) in [5.41, 5.74) is 1.22. The van der Waals surface area contributed by atoms with Crippen molar-refractivity contribution in [3.8, 4) is 0 Å². The highest BCUT2D eigenvalue weighted by Gasteiger charge is 2.27. The molecule has 0 amide bonds. The average Bonchev–Trinajstić information content (AvgIpc) is 2.55. The minimum Gasteiger partial charge on any atom is -0.481 e. The molecule has 6 heteroatoms. The summed E-state index contributed by atoms with van der Waals surface area (Å²) in [6, 6.07) is 5.06. The highest BCUT2D eigenvalue weighted by Crippen LogP contribution is 2.26. The predicted octanol–water partition coefficient (Wildman–Crippen LogP) is 1.87. The molecule has 0 saturated carbocycles. The number of halogens is 1. The van der Waals surface area contributed by atoms with Gasteiger partial charge in [-0.1, -0.05) is 0 Å². The van der Waals surface area contributed by atoms with E-state index in [1.54, 1.807) is 6.07 Å². The van der Waals surface area contributed by atoms with E-state index in [9.17, 15) is 9.18 Å². The molecule has 3 rings (SSSR count). The van der Waals surface area contributed by atoms with E-state index in [1.807, 2.05) is 11.0 Å². The Morgan fingerprint density at radius 2 is 2.27 bits per heavy atom. The summed E-state index contributed by atoms with van der Waals surface area (Å²) in [4.78, 5) is 17.3. The van der Waals surface area contributed by atoms with E-state index in [2.05, 4.69) is 10.3 Å². The van der Waals surface area contributed by atoms with Gasteiger partial charge in [0.2, 0.25) is 0 Å². The quantitative estimate of drug-likeness (QED) is 0.895. The van der Waals surface area contributed by atoms with Crippen LogP contribution in [0.15, 0.2) is 23.2 Å². The summed E-state index contributed by atoms with van der Waals surface area (Å²) >= 11 is 0. The SMILES string of the molecule is O=C(O)C1CCCN(c2ccc(C3=NCCCN3)cc2F)C1. The van der Waals surface area contributed by atoms with Crippen LogP contribution in [0, 0.1) is 11.7 Å². The lowest BCUT2D eigenvalue weighted by molar-refractivity contribution is -0.141. The third-order valence-corrected chi connectivity index (χ3v) is 4.23. The molecule has 118 valence electrons. The molecule has 1 atom stereocenters. The Morgan fingerprint density at radius 3 is 2.95 bits per heavy atom. The average molecular weight is 305 g/mol. The smallest absolute Gasteiger partial charge is 0.308 e. The third-order valence-electron chi connectivity index (χ3n) is 4.23. The number of nitrogens with zero attached hydrogens (tertiary/aromatic N) is 2. The zero-order valence-corrected chi connectivity index (χ0v) is 12.4. The van der Waals surface area contributed by atoms with Crippen LogP contribution in [0.2, 0.25) is 0 Å². The molecular formula is C16H20FN3O2. The third kappa shape index (κ3) is 3.05. The topological polar surface area (TPSA) is 64.9 Å². The number of hydrogen-bond acceptors (Lipinski definition) is 4. The predicted molar refractivity (Wildman–Crippen MR) is 83.0 cm³/mol. The lowest BCUT2D eigenvalue weighted by atomic mass is 9.97. The number of anilines is 1. The minimum absolute atomic E-state index is 0.321. The van der Waals surface area contributed by atoms with Crippen LogP contribution in [-0.2, 0) is 4.79 Å². The number of hydrogen-bond donors (Lipinski definition) is 2. The van der Waals surface area contributed by atoms with Crippen molar-refractivity contribution in [2.45, 2.75) is 19.3 Å². The molecule has 0 radical (unpaired) electrons. The van der Waals surface area contributed by atoms with Crippen LogP contribution >= 0.6 is 0 Å². The van der Waals surface area contributed by atoms with Crippen LogP contribution < -0.4 is 10.2 Å². The first kappa shape index (κ1) is 14.8. The standard InChI is InChI=1S/C16H20FN3O2/c17-13-9-11(15-18-6-2-7-19-15)4-5-14(13)20-8-1-3-12(10-20)16(21)22/h4-5,9,12H,1-3,6-8,10H2,(H,18,19)(H,21,22). The maximum atomic E-state index is 14.4. The number of carboxylic acid groups (broad SMARTS) is 1. The van der Waals surface area contributed by atoms with Crippen molar-refractivity contribution in [1.82, 2.24) is 5.32 Å². The number of aliphatic imine (C=N–C) groups is 1. The van der Waals surface area contributed by atoms with Crippen LogP contribution in [0.1, 0.15) is 24.8 Å². The lowest BCUT2D eigenvalue weighted by Gasteiger charge is -2.32. The van der Waals surface area contributed by atoms with E-state index < -0.39 is 11.9 Å². The van der Waals surface area contributed by atoms with Gasteiger partial charge in [-0.25, -0.2) is 4.39 Å². The molecule has 1 aromatic carbocycles. The Morgan fingerprint density at radius 1 is 1.41 bits per heavy atom. The fourth-order valence-corrected chi connectivity index (χ4v) is 3.03. The second-order valence-electron chi connectivity index (χ2n) is 5.80. The first-order valence-electron chi connectivity index (χ1n) is 7.71. The maximum Gasteiger partial charge on any atom is 0.308 e. The molecule has 2 aliphatic rings. The molecule has 22 heavy (non-hydrogen) atoms. The van der Waals surface area contributed by atoms with E-state index in [4.69, 9.17) is 5.11 Å². The number of piperidine rings is 1. The fourth-order valence-electron chi connectivity index (χ4n) is 3.03. The first-order chi connectivity index (χ1) is 10.6. The van der Waals surface area contributed by atoms with Gasteiger partial charge in [0.15, 0.2) is 0 Å². The lowest BCUT2D eigenvalue weighted by Crippen LogP contribution is -2.39. The fraction of sp³-hybridized carbons (Fsp3) is 0.500. The molecule has 0 aromatic heterocycles. The first-order valence-corrected chi connectivity index (χ1v) is 7.71. The Labute approximate surface area is 128 Å². The molecule has 5 nitrogen and oxygen atoms in total. The summed E-state index contributed by atoms with van der Waals surface area (Å²) in [7, 11) is 0. The number of carboxylic acids is 1. The van der Waals surface area contributed by atoms with E-state index >= 15 is 0 Å². The number of rotatable bonds is 3. The second-order valence-corrected chi connectivity index (χ2v) is 5.80. The van der Waals surface area contributed by atoms with Gasteiger partial charge >= 0.3 is 5.97 Å². The van der Waals surface area contributed by atoms with E-state index in [0.717, 1.165) is 37.3 Å². The largest absolute Gasteiger partial charge is 0.481 e. The van der Waals surface area contributed by atoms with Crippen LogP contribution in [0.3, 0.4) is 0 Å². The second kappa shape index (κ2) is 6.34. The van der Waals surface area contributed by atoms with Crippen molar-refractivity contribution in [1.29, 1.82) is 0 Å². The van der Waals surface area contributed by atoms with Gasteiger partial charge in [0.05, 0.1) is 11.6 Å². The zero-order chi connectivity index (χ0) is 15.5. The molecule has 0 bridgehead atoms. The van der Waals surface area contributed by atoms with E-state index in [1.165, 1.54) is 6.07 Å².